The lowest BCUT2D eigenvalue weighted by Gasteiger charge is -2.53. The standard InChI is InChI=1S/C31H61N5O14.C17H36N4O6.2C16H34N4O6/c1-29(2,3)48-24-11(6-14-18(35)22(41)20(39)15(8-32)45-14)16(9-37)47-28(24)50-31(44)25(43)12(33)7-13(34)26(31)49-30(4,5)27-19(36)23(42)21(40)17(10-38)46-27;1-17(2,3)21-8-5-7(18)15(14(25)11(8)22)27-16-10(19)13(24)12(23)9(26-16)6-20-4;1-16(2,3)20-5-8-11(22)12(23)9(19)15(25-8)26-14-7(18)4-6(17)10(21)13(14)24;1-16(2,3)26-14-10(21)6(18)4-7(19)13(14)25-15-9(20)12(23)11(22)8(5-17)24-15/h11-28,37-44H,6-10,32-36H2,1-5H3;7-16,20-25H,5-6,18-19H2,1-4H3;6-15,20-24H,4-5,17-19H2,1-3H3;6-15,21-23H,4-5,17-20H2,1-3H3/t11-,12+,13?,14+,15-,16+,17?,18?,19?,20+,21+,22?,23+,24-,25?,26+,27-,28?,31-;;;/m0.../s1. The van der Waals surface area contributed by atoms with Crippen LogP contribution in [0.15, 0.2) is 0 Å². The molecule has 50 N–H and O–H groups in total. The smallest absolute Gasteiger partial charge is 0.224 e. The first-order chi connectivity index (χ1) is 59.4. The normalized spacial score (nSPS) is 48.1. The summed E-state index contributed by atoms with van der Waals surface area (Å²) in [4.78, 5) is 0. The van der Waals surface area contributed by atoms with Crippen LogP contribution in [0.25, 0.3) is 0 Å². The van der Waals surface area contributed by atoms with Crippen molar-refractivity contribution in [3.63, 3.8) is 0 Å². The van der Waals surface area contributed by atoms with E-state index in [2.05, 4.69) is 16.0 Å². The largest absolute Gasteiger partial charge is 0.394 e. The Bertz CT molecular complexity index is 3300. The van der Waals surface area contributed by atoms with E-state index >= 15 is 0 Å². The number of nitrogens with one attached hydrogen (secondary N) is 3. The molecule has 6 aliphatic heterocycles. The number of rotatable bonds is 24. The molecule has 0 spiro atoms. The number of hydrogen-bond acceptors (Lipinski definition) is 49. The van der Waals surface area contributed by atoms with Gasteiger partial charge < -0.3 is 255 Å². The second-order valence-corrected chi connectivity index (χ2v) is 40.9. The molecule has 129 heavy (non-hydrogen) atoms. The van der Waals surface area contributed by atoms with Crippen LogP contribution in [0.3, 0.4) is 0 Å². The summed E-state index contributed by atoms with van der Waals surface area (Å²) < 4.78 is 77.5. The molecule has 4 aliphatic carbocycles. The lowest BCUT2D eigenvalue weighted by atomic mass is 9.80. The Morgan fingerprint density at radius 3 is 1.21 bits per heavy atom. The first-order valence-corrected chi connectivity index (χ1v) is 44.5. The summed E-state index contributed by atoms with van der Waals surface area (Å²) in [6, 6.07) is -10.8. The topological polar surface area (TPSA) is 905 Å². The minimum Gasteiger partial charge on any atom is -0.394 e. The van der Waals surface area contributed by atoms with E-state index < -0.39 is 323 Å². The van der Waals surface area contributed by atoms with Gasteiger partial charge in [-0.2, -0.15) is 0 Å². The van der Waals surface area contributed by atoms with Gasteiger partial charge in [-0.25, -0.2) is 0 Å². The van der Waals surface area contributed by atoms with Crippen LogP contribution in [-0.4, -0.2) is 464 Å². The quantitative estimate of drug-likeness (QED) is 0.0399. The van der Waals surface area contributed by atoms with Gasteiger partial charge in [-0.1, -0.05) is 0 Å². The highest BCUT2D eigenvalue weighted by Crippen LogP contribution is 2.45. The Labute approximate surface area is 754 Å². The third-order valence-electron chi connectivity index (χ3n) is 25.3. The van der Waals surface area contributed by atoms with Crippen molar-refractivity contribution in [1.29, 1.82) is 0 Å². The van der Waals surface area contributed by atoms with Gasteiger partial charge in [-0.05, 0) is 136 Å². The van der Waals surface area contributed by atoms with Gasteiger partial charge in [0.05, 0.1) is 96.8 Å². The number of aliphatic hydroxyl groups is 19. The van der Waals surface area contributed by atoms with Crippen LogP contribution in [0.2, 0.25) is 0 Å². The zero-order valence-corrected chi connectivity index (χ0v) is 76.9. The van der Waals surface area contributed by atoms with Gasteiger partial charge in [0.2, 0.25) is 5.79 Å². The predicted octanol–water partition coefficient (Wildman–Crippen LogP) is -16.6. The Morgan fingerprint density at radius 2 is 0.744 bits per heavy atom. The summed E-state index contributed by atoms with van der Waals surface area (Å²) >= 11 is 0. The molecule has 0 aromatic carbocycles. The molecule has 10 aliphatic rings. The van der Waals surface area contributed by atoms with Gasteiger partial charge in [0.25, 0.3) is 0 Å². The van der Waals surface area contributed by atoms with Gasteiger partial charge in [-0.3, -0.25) is 0 Å². The van der Waals surface area contributed by atoms with Crippen LogP contribution in [0, 0.1) is 5.92 Å². The minimum absolute atomic E-state index is 0.0169. The Hall–Kier alpha value is -1.96. The highest BCUT2D eigenvalue weighted by atomic mass is 16.8. The molecule has 0 aromatic rings. The fourth-order valence-corrected chi connectivity index (χ4v) is 18.0. The van der Waals surface area contributed by atoms with Crippen LogP contribution in [0.4, 0.5) is 0 Å². The van der Waals surface area contributed by atoms with Gasteiger partial charge in [0, 0.05) is 91.5 Å². The summed E-state index contributed by atoms with van der Waals surface area (Å²) in [5.74, 6) is -3.41. The van der Waals surface area contributed by atoms with E-state index in [4.69, 9.17) is 142 Å². The molecule has 10 rings (SSSR count). The molecule has 4 saturated carbocycles. The van der Waals surface area contributed by atoms with E-state index in [0.717, 1.165) is 0 Å². The van der Waals surface area contributed by atoms with Crippen molar-refractivity contribution in [3.05, 3.63) is 0 Å². The highest BCUT2D eigenvalue weighted by Gasteiger charge is 2.63. The van der Waals surface area contributed by atoms with Crippen molar-refractivity contribution in [1.82, 2.24) is 16.0 Å². The molecule has 0 radical (unpaired) electrons. The van der Waals surface area contributed by atoms with E-state index in [9.17, 15) is 97.0 Å². The SMILES string of the molecule is CC(C)(C)NCC1OC(OC2C(N)CC(N)C(O)C2O)C(N)C(O)C1O.CC(C)(C)OC1C(O)C(N)CC(N)C1OC1OC(CN)C(O)C(O)C1N.CC(C)(C)O[C@@H]1C(O[C@@]2(O)C(O)[C@H](N)CC(N)[C@H]2OC(C)(C)[C@H]2OC(CO)[C@@H](O)[C@H](O)C2N)O[C@H](CO)[C@@H]1C[C@H]1O[C@@H](CN)[C@@H](O)C(O)C1N.CNCC1OC(OC2C(N)CC(NC(C)(C)C)C(O)C2O)C(N)C(O)C1O. The molecule has 49 heteroatoms. The third kappa shape index (κ3) is 28.2. The van der Waals surface area contributed by atoms with Crippen LogP contribution in [0.1, 0.15) is 129 Å². The van der Waals surface area contributed by atoms with E-state index in [1.165, 1.54) is 13.8 Å². The van der Waals surface area contributed by atoms with Crippen molar-refractivity contribution in [2.24, 2.45) is 86.2 Å². The lowest BCUT2D eigenvalue weighted by Crippen LogP contribution is -2.74. The number of ether oxygens (including phenoxy) is 13. The van der Waals surface area contributed by atoms with Crippen LogP contribution in [-0.2, 0) is 61.6 Å². The molecule has 0 amide bonds. The minimum atomic E-state index is -2.68. The summed E-state index contributed by atoms with van der Waals surface area (Å²) in [5.41, 5.74) is 81.2. The van der Waals surface area contributed by atoms with E-state index in [0.29, 0.717) is 12.8 Å². The molecule has 0 aromatic heterocycles. The molecular weight excluding hydrogens is 1710 g/mol. The summed E-state index contributed by atoms with van der Waals surface area (Å²) in [5, 5.41) is 208. The van der Waals surface area contributed by atoms with Crippen LogP contribution in [0.5, 0.6) is 0 Å². The average molecular weight is 1880 g/mol. The summed E-state index contributed by atoms with van der Waals surface area (Å²) in [6.07, 6.45) is -37.9. The molecular formula is C80H165N17O32. The summed E-state index contributed by atoms with van der Waals surface area (Å²) in [7, 11) is 1.69. The van der Waals surface area contributed by atoms with Crippen molar-refractivity contribution in [3.8, 4) is 0 Å². The number of likely N-dealkylation sites (N-methyl/N-ethyl adjacent to an activating group) is 1. The first kappa shape index (κ1) is 114. The molecule has 37 unspecified atom stereocenters. The van der Waals surface area contributed by atoms with Gasteiger partial charge in [0.1, 0.15) is 146 Å². The van der Waals surface area contributed by atoms with Crippen LogP contribution < -0.4 is 96.2 Å². The Kier molecular flexibility index (Phi) is 41.4. The zero-order chi connectivity index (χ0) is 97.8. The monoisotopic (exact) mass is 1880 g/mol. The maximum absolute atomic E-state index is 12.3. The molecule has 49 nitrogen and oxygen atoms in total. The number of nitrogens with two attached hydrogens (primary N) is 14. The summed E-state index contributed by atoms with van der Waals surface area (Å²) in [6.45, 7) is 24.9. The molecule has 49 atom stereocenters. The first-order valence-electron chi connectivity index (χ1n) is 44.5. The van der Waals surface area contributed by atoms with Crippen molar-refractivity contribution >= 4 is 0 Å². The molecule has 6 saturated heterocycles. The van der Waals surface area contributed by atoms with Gasteiger partial charge in [0.15, 0.2) is 25.2 Å². The zero-order valence-electron chi connectivity index (χ0n) is 76.9. The van der Waals surface area contributed by atoms with E-state index in [1.807, 2.05) is 62.3 Å². The van der Waals surface area contributed by atoms with Gasteiger partial charge in [-0.15, -0.1) is 0 Å². The Balaban J connectivity index is 0.000000248. The maximum atomic E-state index is 12.3. The average Bonchev–Trinajstić information content (AvgIpc) is 1.73. The molecule has 0 bridgehead atoms. The second-order valence-electron chi connectivity index (χ2n) is 40.9. The van der Waals surface area contributed by atoms with Crippen LogP contribution >= 0.6 is 0 Å². The Morgan fingerprint density at radius 1 is 0.349 bits per heavy atom. The third-order valence-corrected chi connectivity index (χ3v) is 25.3. The van der Waals surface area contributed by atoms with Crippen molar-refractivity contribution < 1.29 is 159 Å². The second kappa shape index (κ2) is 46.9. The number of hydrogen-bond donors (Lipinski definition) is 36. The van der Waals surface area contributed by atoms with Crippen molar-refractivity contribution in [2.75, 3.05) is 46.4 Å². The number of aliphatic hydroxyl groups excluding tert-OH is 18. The molecule has 762 valence electrons. The van der Waals surface area contributed by atoms with E-state index in [-0.39, 0.29) is 62.6 Å². The molecule has 10 fully saturated rings. The predicted molar refractivity (Wildman–Crippen MR) is 460 cm³/mol. The van der Waals surface area contributed by atoms with Crippen molar-refractivity contribution in [2.45, 2.75) is 450 Å². The maximum Gasteiger partial charge on any atom is 0.224 e. The van der Waals surface area contributed by atoms with Gasteiger partial charge >= 0.3 is 0 Å². The fourth-order valence-electron chi connectivity index (χ4n) is 18.0. The lowest BCUT2D eigenvalue weighted by molar-refractivity contribution is -0.392. The highest BCUT2D eigenvalue weighted by molar-refractivity contribution is 5.11. The fraction of sp³-hybridized carbons (Fsp3) is 1.00. The molecule has 6 heterocycles. The van der Waals surface area contributed by atoms with E-state index in [1.54, 1.807) is 27.8 Å².